The summed E-state index contributed by atoms with van der Waals surface area (Å²) in [7, 11) is 0. The Kier molecular flexibility index (Phi) is 2.65. The first kappa shape index (κ1) is 11.4. The van der Waals surface area contributed by atoms with Gasteiger partial charge in [-0.2, -0.15) is 0 Å². The van der Waals surface area contributed by atoms with Gasteiger partial charge < -0.3 is 5.73 Å². The summed E-state index contributed by atoms with van der Waals surface area (Å²) in [6.07, 6.45) is 1.76. The minimum absolute atomic E-state index is 0.434. The number of nitrogens with zero attached hydrogens (tertiary/aromatic N) is 3. The number of fused-ring (bicyclic) bond motifs is 1. The maximum atomic E-state index is 5.94. The van der Waals surface area contributed by atoms with Crippen LogP contribution in [-0.4, -0.2) is 15.0 Å². The largest absolute Gasteiger partial charge is 0.383 e. The van der Waals surface area contributed by atoms with Crippen LogP contribution in [0.5, 0.6) is 0 Å². The number of aryl methyl sites for hydroxylation is 1. The summed E-state index contributed by atoms with van der Waals surface area (Å²) in [6, 6.07) is 5.40. The first-order chi connectivity index (χ1) is 8.63. The molecule has 0 saturated carbocycles. The lowest BCUT2D eigenvalue weighted by molar-refractivity contribution is 1.23. The summed E-state index contributed by atoms with van der Waals surface area (Å²) in [5.74, 6) is 1.04. The van der Waals surface area contributed by atoms with E-state index < -0.39 is 0 Å². The molecule has 2 heterocycles. The van der Waals surface area contributed by atoms with Gasteiger partial charge in [-0.05, 0) is 25.1 Å². The van der Waals surface area contributed by atoms with Gasteiger partial charge in [-0.15, -0.1) is 11.3 Å². The fraction of sp³-hybridized carbons (Fsp3) is 0.0833. The molecule has 0 aliphatic heterocycles. The number of rotatable bonds is 1. The lowest BCUT2D eigenvalue weighted by Gasteiger charge is -2.03. The third-order valence-electron chi connectivity index (χ3n) is 2.53. The standard InChI is InChI=1S/C12H9ClN4S/c1-6-15-5-10(18-6)12-16-9-3-2-7(13)4-8(9)11(14)17-12/h2-5H,1H3,(H2,14,16,17). The molecule has 0 aliphatic rings. The molecule has 90 valence electrons. The van der Waals surface area contributed by atoms with Crippen molar-refractivity contribution in [1.29, 1.82) is 0 Å². The summed E-state index contributed by atoms with van der Waals surface area (Å²) in [5.41, 5.74) is 6.73. The maximum Gasteiger partial charge on any atom is 0.173 e. The number of hydrogen-bond acceptors (Lipinski definition) is 5. The molecule has 4 nitrogen and oxygen atoms in total. The average molecular weight is 277 g/mol. The van der Waals surface area contributed by atoms with Crippen LogP contribution in [0.3, 0.4) is 0 Å². The molecular formula is C12H9ClN4S. The number of hydrogen-bond donors (Lipinski definition) is 1. The monoisotopic (exact) mass is 276 g/mol. The van der Waals surface area contributed by atoms with Gasteiger partial charge in [0.2, 0.25) is 0 Å². The Bertz CT molecular complexity index is 738. The fourth-order valence-corrected chi connectivity index (χ4v) is 2.58. The summed E-state index contributed by atoms with van der Waals surface area (Å²) in [4.78, 5) is 13.9. The molecule has 0 unspecified atom stereocenters. The van der Waals surface area contributed by atoms with E-state index in [-0.39, 0.29) is 0 Å². The van der Waals surface area contributed by atoms with Gasteiger partial charge in [0.05, 0.1) is 15.4 Å². The van der Waals surface area contributed by atoms with Crippen molar-refractivity contribution in [2.45, 2.75) is 6.92 Å². The molecule has 2 aromatic heterocycles. The van der Waals surface area contributed by atoms with Crippen molar-refractivity contribution >= 4 is 39.7 Å². The second-order valence-corrected chi connectivity index (χ2v) is 5.51. The van der Waals surface area contributed by atoms with E-state index in [0.717, 1.165) is 20.8 Å². The maximum absolute atomic E-state index is 5.94. The molecule has 0 atom stereocenters. The van der Waals surface area contributed by atoms with Gasteiger partial charge in [-0.25, -0.2) is 15.0 Å². The van der Waals surface area contributed by atoms with Crippen molar-refractivity contribution in [3.8, 4) is 10.7 Å². The SMILES string of the molecule is Cc1ncc(-c2nc(N)c3cc(Cl)ccc3n2)s1. The van der Waals surface area contributed by atoms with Crippen molar-refractivity contribution in [2.75, 3.05) is 5.73 Å². The van der Waals surface area contributed by atoms with E-state index in [4.69, 9.17) is 17.3 Å². The average Bonchev–Trinajstić information content (AvgIpc) is 2.77. The number of nitrogen functional groups attached to an aromatic ring is 1. The Hall–Kier alpha value is -1.72. The number of thiazole rings is 1. The van der Waals surface area contributed by atoms with E-state index in [9.17, 15) is 0 Å². The van der Waals surface area contributed by atoms with Crippen LogP contribution < -0.4 is 5.73 Å². The van der Waals surface area contributed by atoms with E-state index in [1.165, 1.54) is 0 Å². The van der Waals surface area contributed by atoms with Gasteiger partial charge in [0.15, 0.2) is 5.82 Å². The van der Waals surface area contributed by atoms with E-state index >= 15 is 0 Å². The van der Waals surface area contributed by atoms with Gasteiger partial charge in [0, 0.05) is 16.6 Å². The number of halogens is 1. The summed E-state index contributed by atoms with van der Waals surface area (Å²) in [6.45, 7) is 1.94. The molecule has 6 heteroatoms. The highest BCUT2D eigenvalue weighted by molar-refractivity contribution is 7.14. The molecule has 1 aromatic carbocycles. The third-order valence-corrected chi connectivity index (χ3v) is 3.67. The Balaban J connectivity index is 2.24. The van der Waals surface area contributed by atoms with Crippen LogP contribution in [0.1, 0.15) is 5.01 Å². The molecule has 3 rings (SSSR count). The van der Waals surface area contributed by atoms with Gasteiger partial charge >= 0.3 is 0 Å². The van der Waals surface area contributed by atoms with Crippen LogP contribution in [0.15, 0.2) is 24.4 Å². The van der Waals surface area contributed by atoms with Crippen molar-refractivity contribution in [2.24, 2.45) is 0 Å². The van der Waals surface area contributed by atoms with Crippen LogP contribution in [-0.2, 0) is 0 Å². The van der Waals surface area contributed by atoms with E-state index in [1.807, 2.05) is 13.0 Å². The summed E-state index contributed by atoms with van der Waals surface area (Å²) >= 11 is 7.48. The zero-order valence-corrected chi connectivity index (χ0v) is 11.1. The van der Waals surface area contributed by atoms with Crippen molar-refractivity contribution in [1.82, 2.24) is 15.0 Å². The quantitative estimate of drug-likeness (QED) is 0.741. The third kappa shape index (κ3) is 1.91. The second-order valence-electron chi connectivity index (χ2n) is 3.84. The second kappa shape index (κ2) is 4.19. The number of benzene rings is 1. The van der Waals surface area contributed by atoms with Gasteiger partial charge in [-0.1, -0.05) is 11.6 Å². The summed E-state index contributed by atoms with van der Waals surface area (Å²) < 4.78 is 0. The highest BCUT2D eigenvalue weighted by Crippen LogP contribution is 2.28. The Morgan fingerprint density at radius 3 is 2.83 bits per heavy atom. The van der Waals surface area contributed by atoms with E-state index in [0.29, 0.717) is 16.7 Å². The molecule has 3 aromatic rings. The molecule has 18 heavy (non-hydrogen) atoms. The van der Waals surface area contributed by atoms with Crippen LogP contribution in [0.4, 0.5) is 5.82 Å². The van der Waals surface area contributed by atoms with Gasteiger partial charge in [0.25, 0.3) is 0 Å². The molecule has 0 fully saturated rings. The van der Waals surface area contributed by atoms with E-state index in [2.05, 4.69) is 15.0 Å². The van der Waals surface area contributed by atoms with Crippen LogP contribution in [0.2, 0.25) is 5.02 Å². The predicted octanol–water partition coefficient (Wildman–Crippen LogP) is 3.30. The molecule has 0 saturated heterocycles. The Labute approximate surface area is 112 Å². The molecule has 0 spiro atoms. The number of anilines is 1. The van der Waals surface area contributed by atoms with Crippen molar-refractivity contribution < 1.29 is 0 Å². The lowest BCUT2D eigenvalue weighted by atomic mass is 10.2. The van der Waals surface area contributed by atoms with Gasteiger partial charge in [0.1, 0.15) is 5.82 Å². The first-order valence-electron chi connectivity index (χ1n) is 5.29. The molecule has 0 bridgehead atoms. The molecule has 0 aliphatic carbocycles. The van der Waals surface area contributed by atoms with Crippen LogP contribution in [0, 0.1) is 6.92 Å². The zero-order valence-electron chi connectivity index (χ0n) is 9.51. The van der Waals surface area contributed by atoms with Crippen LogP contribution in [0.25, 0.3) is 21.6 Å². The van der Waals surface area contributed by atoms with Crippen LogP contribution >= 0.6 is 22.9 Å². The lowest BCUT2D eigenvalue weighted by Crippen LogP contribution is -1.96. The van der Waals surface area contributed by atoms with Gasteiger partial charge in [-0.3, -0.25) is 0 Å². The predicted molar refractivity (Wildman–Crippen MR) is 74.8 cm³/mol. The topological polar surface area (TPSA) is 64.7 Å². The molecule has 2 N–H and O–H groups in total. The molecular weight excluding hydrogens is 268 g/mol. The normalized spacial score (nSPS) is 11.0. The van der Waals surface area contributed by atoms with E-state index in [1.54, 1.807) is 29.7 Å². The number of nitrogens with two attached hydrogens (primary N) is 1. The smallest absolute Gasteiger partial charge is 0.173 e. The Morgan fingerprint density at radius 1 is 1.28 bits per heavy atom. The van der Waals surface area contributed by atoms with Crippen molar-refractivity contribution in [3.63, 3.8) is 0 Å². The highest BCUT2D eigenvalue weighted by Gasteiger charge is 2.09. The zero-order chi connectivity index (χ0) is 12.7. The fourth-order valence-electron chi connectivity index (χ4n) is 1.70. The Morgan fingerprint density at radius 2 is 2.11 bits per heavy atom. The minimum atomic E-state index is 0.434. The minimum Gasteiger partial charge on any atom is -0.383 e. The van der Waals surface area contributed by atoms with Crippen molar-refractivity contribution in [3.05, 3.63) is 34.4 Å². The first-order valence-corrected chi connectivity index (χ1v) is 6.48. The summed E-state index contributed by atoms with van der Waals surface area (Å²) in [5, 5.41) is 2.37. The highest BCUT2D eigenvalue weighted by atomic mass is 35.5. The molecule has 0 amide bonds. The number of aromatic nitrogens is 3. The molecule has 0 radical (unpaired) electrons.